The summed E-state index contributed by atoms with van der Waals surface area (Å²) in [7, 11) is 0. The van der Waals surface area contributed by atoms with E-state index in [1.54, 1.807) is 0 Å². The first kappa shape index (κ1) is 24.4. The zero-order chi connectivity index (χ0) is 20.1. The molecular formula is C21H42O4. The molecule has 0 N–H and O–H groups in total. The molecule has 0 bridgehead atoms. The van der Waals surface area contributed by atoms with Gasteiger partial charge in [-0.25, -0.2) is 0 Å². The van der Waals surface area contributed by atoms with E-state index in [2.05, 4.69) is 6.92 Å². The second-order valence-corrected chi connectivity index (χ2v) is 10.1. The highest BCUT2D eigenvalue weighted by atomic mass is 16.5. The molecular weight excluding hydrogens is 316 g/mol. The van der Waals surface area contributed by atoms with Gasteiger partial charge in [0, 0.05) is 0 Å². The average molecular weight is 359 g/mol. The highest BCUT2D eigenvalue weighted by molar-refractivity contribution is 5.74. The van der Waals surface area contributed by atoms with E-state index in [4.69, 9.17) is 14.2 Å². The SMILES string of the molecule is CCCCOC(=O)C(CC(C)(C)OC(C)(C)C)C(C)(C)OC(C)(C)C. The van der Waals surface area contributed by atoms with Crippen molar-refractivity contribution in [3.8, 4) is 0 Å². The largest absolute Gasteiger partial charge is 0.465 e. The van der Waals surface area contributed by atoms with Crippen LogP contribution < -0.4 is 0 Å². The Morgan fingerprint density at radius 1 is 0.840 bits per heavy atom. The van der Waals surface area contributed by atoms with Crippen LogP contribution in [0, 0.1) is 5.92 Å². The molecule has 0 aromatic heterocycles. The number of rotatable bonds is 9. The number of ether oxygens (including phenoxy) is 3. The summed E-state index contributed by atoms with van der Waals surface area (Å²) >= 11 is 0. The van der Waals surface area contributed by atoms with E-state index >= 15 is 0 Å². The molecule has 0 heterocycles. The van der Waals surface area contributed by atoms with Gasteiger partial charge in [-0.1, -0.05) is 13.3 Å². The van der Waals surface area contributed by atoms with Crippen LogP contribution in [0.1, 0.15) is 95.4 Å². The van der Waals surface area contributed by atoms with E-state index in [-0.39, 0.29) is 17.2 Å². The Bertz CT molecular complexity index is 411. The van der Waals surface area contributed by atoms with Crippen LogP contribution in [0.15, 0.2) is 0 Å². The molecule has 0 aliphatic carbocycles. The molecule has 0 rings (SSSR count). The van der Waals surface area contributed by atoms with Crippen LogP contribution in [0.5, 0.6) is 0 Å². The summed E-state index contributed by atoms with van der Waals surface area (Å²) in [5, 5.41) is 0. The molecule has 25 heavy (non-hydrogen) atoms. The van der Waals surface area contributed by atoms with Crippen LogP contribution in [0.25, 0.3) is 0 Å². The Labute approximate surface area is 156 Å². The van der Waals surface area contributed by atoms with E-state index in [0.717, 1.165) is 12.8 Å². The monoisotopic (exact) mass is 358 g/mol. The van der Waals surface area contributed by atoms with Crippen molar-refractivity contribution in [3.05, 3.63) is 0 Å². The number of hydrogen-bond donors (Lipinski definition) is 0. The fraction of sp³-hybridized carbons (Fsp3) is 0.952. The maximum atomic E-state index is 12.8. The van der Waals surface area contributed by atoms with Crippen molar-refractivity contribution >= 4 is 5.97 Å². The molecule has 0 amide bonds. The highest BCUT2D eigenvalue weighted by Gasteiger charge is 2.44. The lowest BCUT2D eigenvalue weighted by molar-refractivity contribution is -0.191. The summed E-state index contributed by atoms with van der Waals surface area (Å²) in [6.07, 6.45) is 2.41. The third-order valence-corrected chi connectivity index (χ3v) is 3.71. The van der Waals surface area contributed by atoms with E-state index in [0.29, 0.717) is 13.0 Å². The first-order valence-electron chi connectivity index (χ1n) is 9.56. The Kier molecular flexibility index (Phi) is 8.64. The second kappa shape index (κ2) is 8.85. The molecule has 0 spiro atoms. The van der Waals surface area contributed by atoms with E-state index < -0.39 is 17.1 Å². The third kappa shape index (κ3) is 10.9. The molecule has 1 unspecified atom stereocenters. The minimum absolute atomic E-state index is 0.201. The second-order valence-electron chi connectivity index (χ2n) is 10.1. The third-order valence-electron chi connectivity index (χ3n) is 3.71. The molecule has 4 heteroatoms. The molecule has 0 aromatic rings. The van der Waals surface area contributed by atoms with Crippen LogP contribution in [0.2, 0.25) is 0 Å². The summed E-state index contributed by atoms with van der Waals surface area (Å²) in [5.74, 6) is -0.603. The number of hydrogen-bond acceptors (Lipinski definition) is 4. The van der Waals surface area contributed by atoms with Crippen molar-refractivity contribution in [2.75, 3.05) is 6.61 Å². The highest BCUT2D eigenvalue weighted by Crippen LogP contribution is 2.36. The van der Waals surface area contributed by atoms with Crippen LogP contribution in [-0.4, -0.2) is 35.0 Å². The van der Waals surface area contributed by atoms with Crippen molar-refractivity contribution in [2.45, 2.75) is 118 Å². The van der Waals surface area contributed by atoms with Crippen LogP contribution in [0.4, 0.5) is 0 Å². The number of esters is 1. The lowest BCUT2D eigenvalue weighted by Gasteiger charge is -2.42. The Balaban J connectivity index is 5.42. The van der Waals surface area contributed by atoms with E-state index in [9.17, 15) is 4.79 Å². The molecule has 150 valence electrons. The van der Waals surface area contributed by atoms with Gasteiger partial charge in [0.2, 0.25) is 0 Å². The lowest BCUT2D eigenvalue weighted by atomic mass is 9.81. The minimum Gasteiger partial charge on any atom is -0.465 e. The topological polar surface area (TPSA) is 44.8 Å². The number of carbonyl (C=O) groups excluding carboxylic acids is 1. The lowest BCUT2D eigenvalue weighted by Crippen LogP contribution is -2.49. The number of carbonyl (C=O) groups is 1. The molecule has 0 aromatic carbocycles. The molecule has 0 aliphatic heterocycles. The quantitative estimate of drug-likeness (QED) is 0.402. The van der Waals surface area contributed by atoms with Gasteiger partial charge in [0.05, 0.1) is 34.9 Å². The van der Waals surface area contributed by atoms with Crippen molar-refractivity contribution in [1.29, 1.82) is 0 Å². The zero-order valence-corrected chi connectivity index (χ0v) is 18.5. The van der Waals surface area contributed by atoms with Gasteiger partial charge < -0.3 is 14.2 Å². The van der Waals surface area contributed by atoms with Crippen LogP contribution >= 0.6 is 0 Å². The van der Waals surface area contributed by atoms with E-state index in [1.165, 1.54) is 0 Å². The molecule has 0 radical (unpaired) electrons. The van der Waals surface area contributed by atoms with Gasteiger partial charge >= 0.3 is 5.97 Å². The van der Waals surface area contributed by atoms with Crippen molar-refractivity contribution < 1.29 is 19.0 Å². The fourth-order valence-electron chi connectivity index (χ4n) is 3.25. The van der Waals surface area contributed by atoms with Crippen LogP contribution in [-0.2, 0) is 19.0 Å². The smallest absolute Gasteiger partial charge is 0.311 e. The number of unbranched alkanes of at least 4 members (excludes halogenated alkanes) is 1. The maximum Gasteiger partial charge on any atom is 0.311 e. The molecule has 0 saturated carbocycles. The summed E-state index contributed by atoms with van der Waals surface area (Å²) < 4.78 is 18.0. The van der Waals surface area contributed by atoms with Gasteiger partial charge in [-0.15, -0.1) is 0 Å². The van der Waals surface area contributed by atoms with Gasteiger partial charge in [0.25, 0.3) is 0 Å². The zero-order valence-electron chi connectivity index (χ0n) is 18.5. The van der Waals surface area contributed by atoms with Crippen molar-refractivity contribution in [3.63, 3.8) is 0 Å². The van der Waals surface area contributed by atoms with Crippen molar-refractivity contribution in [2.24, 2.45) is 5.92 Å². The first-order chi connectivity index (χ1) is 11.0. The summed E-state index contributed by atoms with van der Waals surface area (Å²) in [6, 6.07) is 0. The predicted octanol–water partition coefficient (Wildman–Crippen LogP) is 5.52. The normalized spacial score (nSPS) is 15.2. The standard InChI is InChI=1S/C21H42O4/c1-12-13-14-23-17(22)16(21(10,11)25-19(5,6)7)15-20(8,9)24-18(2,3)4/h16H,12-15H2,1-11H3. The molecule has 0 aliphatic rings. The van der Waals surface area contributed by atoms with Gasteiger partial charge in [0.15, 0.2) is 0 Å². The van der Waals surface area contributed by atoms with Crippen molar-refractivity contribution in [1.82, 2.24) is 0 Å². The summed E-state index contributed by atoms with van der Waals surface area (Å²) in [5.41, 5.74) is -1.75. The Morgan fingerprint density at radius 2 is 1.32 bits per heavy atom. The van der Waals surface area contributed by atoms with E-state index in [1.807, 2.05) is 69.2 Å². The maximum absolute atomic E-state index is 12.8. The molecule has 1 atom stereocenters. The summed E-state index contributed by atoms with van der Waals surface area (Å²) in [4.78, 5) is 12.8. The summed E-state index contributed by atoms with van der Waals surface area (Å²) in [6.45, 7) is 22.6. The van der Waals surface area contributed by atoms with Gasteiger partial charge in [0.1, 0.15) is 0 Å². The predicted molar refractivity (Wildman–Crippen MR) is 104 cm³/mol. The molecule has 0 saturated heterocycles. The minimum atomic E-state index is -0.653. The molecule has 0 fully saturated rings. The Morgan fingerprint density at radius 3 is 1.72 bits per heavy atom. The fourth-order valence-corrected chi connectivity index (χ4v) is 3.25. The van der Waals surface area contributed by atoms with Crippen LogP contribution in [0.3, 0.4) is 0 Å². The van der Waals surface area contributed by atoms with Gasteiger partial charge in [-0.05, 0) is 82.1 Å². The van der Waals surface area contributed by atoms with Gasteiger partial charge in [-0.2, -0.15) is 0 Å². The van der Waals surface area contributed by atoms with Gasteiger partial charge in [-0.3, -0.25) is 4.79 Å². The first-order valence-corrected chi connectivity index (χ1v) is 9.56. The average Bonchev–Trinajstić information content (AvgIpc) is 2.30. The molecule has 4 nitrogen and oxygen atoms in total. The Hall–Kier alpha value is -0.610.